The topological polar surface area (TPSA) is 88.3 Å². The van der Waals surface area contributed by atoms with Gasteiger partial charge in [-0.05, 0) is 19.8 Å². The molecule has 1 fully saturated rings. The Bertz CT molecular complexity index is 463. The number of nitrogens with two attached hydrogens (primary N) is 1. The molecule has 1 aliphatic rings. The third kappa shape index (κ3) is 3.15. The van der Waals surface area contributed by atoms with Gasteiger partial charge in [0.1, 0.15) is 0 Å². The monoisotopic (exact) mass is 276 g/mol. The lowest BCUT2D eigenvalue weighted by atomic mass is 9.91. The van der Waals surface area contributed by atoms with Gasteiger partial charge in [-0.3, -0.25) is 0 Å². The number of thiazole rings is 1. The predicted molar refractivity (Wildman–Crippen MR) is 68.1 cm³/mol. The molecule has 0 bridgehead atoms. The zero-order chi connectivity index (χ0) is 12.5. The van der Waals surface area contributed by atoms with Crippen molar-refractivity contribution in [2.75, 3.05) is 18.4 Å². The average Bonchev–Trinajstić information content (AvgIpc) is 2.68. The van der Waals surface area contributed by atoms with Crippen molar-refractivity contribution in [3.63, 3.8) is 0 Å². The van der Waals surface area contributed by atoms with Gasteiger partial charge < -0.3 is 5.32 Å². The van der Waals surface area contributed by atoms with Crippen LogP contribution in [0, 0.1) is 0 Å². The largest absolute Gasteiger partial charge is 0.356 e. The van der Waals surface area contributed by atoms with E-state index in [1.807, 2.05) is 5.38 Å². The molecule has 0 amide bonds. The highest BCUT2D eigenvalue weighted by molar-refractivity contribution is 7.86. The molecule has 1 aliphatic heterocycles. The number of rotatable bonds is 3. The van der Waals surface area contributed by atoms with E-state index in [4.69, 9.17) is 5.14 Å². The molecule has 3 N–H and O–H groups in total. The molecule has 1 aromatic heterocycles. The Morgan fingerprint density at radius 3 is 2.65 bits per heavy atom. The van der Waals surface area contributed by atoms with Gasteiger partial charge in [-0.2, -0.15) is 12.7 Å². The number of aromatic nitrogens is 1. The second kappa shape index (κ2) is 4.52. The van der Waals surface area contributed by atoms with E-state index >= 15 is 0 Å². The van der Waals surface area contributed by atoms with E-state index < -0.39 is 10.2 Å². The van der Waals surface area contributed by atoms with Crippen LogP contribution in [-0.2, 0) is 10.2 Å². The van der Waals surface area contributed by atoms with Crippen LogP contribution in [0.1, 0.15) is 19.8 Å². The van der Waals surface area contributed by atoms with Gasteiger partial charge in [0, 0.05) is 30.2 Å². The zero-order valence-electron chi connectivity index (χ0n) is 9.59. The van der Waals surface area contributed by atoms with E-state index in [0.717, 1.165) is 18.0 Å². The van der Waals surface area contributed by atoms with E-state index in [2.05, 4.69) is 17.2 Å². The molecule has 0 aromatic carbocycles. The Kier molecular flexibility index (Phi) is 3.39. The third-order valence-corrected chi connectivity index (χ3v) is 4.80. The normalized spacial score (nSPS) is 21.3. The number of piperidine rings is 1. The quantitative estimate of drug-likeness (QED) is 0.846. The number of nitrogens with zero attached hydrogens (tertiary/aromatic N) is 2. The molecule has 1 aromatic rings. The minimum Gasteiger partial charge on any atom is -0.356 e. The molecule has 96 valence electrons. The first-order valence-corrected chi connectivity index (χ1v) is 7.73. The van der Waals surface area contributed by atoms with Gasteiger partial charge in [-0.15, -0.1) is 11.3 Å². The maximum atomic E-state index is 11.2. The molecule has 0 atom stereocenters. The summed E-state index contributed by atoms with van der Waals surface area (Å²) >= 11 is 1.54. The van der Waals surface area contributed by atoms with Crippen LogP contribution < -0.4 is 10.5 Å². The van der Waals surface area contributed by atoms with Crippen LogP contribution in [0.5, 0.6) is 0 Å². The summed E-state index contributed by atoms with van der Waals surface area (Å²) in [5, 5.41) is 11.2. The van der Waals surface area contributed by atoms with Crippen LogP contribution in [0.15, 0.2) is 11.6 Å². The second-order valence-corrected chi connectivity index (χ2v) is 6.91. The van der Waals surface area contributed by atoms with Crippen molar-refractivity contribution in [2.24, 2.45) is 5.14 Å². The van der Waals surface area contributed by atoms with Crippen molar-refractivity contribution >= 4 is 26.7 Å². The molecular weight excluding hydrogens is 260 g/mol. The van der Waals surface area contributed by atoms with Crippen molar-refractivity contribution < 1.29 is 8.42 Å². The van der Waals surface area contributed by atoms with E-state index in [1.165, 1.54) is 4.31 Å². The summed E-state index contributed by atoms with van der Waals surface area (Å²) < 4.78 is 23.7. The fourth-order valence-electron chi connectivity index (χ4n) is 1.90. The highest BCUT2D eigenvalue weighted by atomic mass is 32.2. The number of hydrogen-bond donors (Lipinski definition) is 2. The maximum absolute atomic E-state index is 11.2. The lowest BCUT2D eigenvalue weighted by Gasteiger charge is -2.38. The van der Waals surface area contributed by atoms with Gasteiger partial charge in [0.05, 0.1) is 0 Å². The maximum Gasteiger partial charge on any atom is 0.276 e. The standard InChI is InChI=1S/C9H16N4O2S2/c1-9(12-8-11-4-7-16-8)2-5-13(6-3-9)17(10,14)15/h4,7H,2-3,5-6H2,1H3,(H,11,12)(H2,10,14,15). The highest BCUT2D eigenvalue weighted by Gasteiger charge is 2.33. The fraction of sp³-hybridized carbons (Fsp3) is 0.667. The first-order chi connectivity index (χ1) is 7.89. The third-order valence-electron chi connectivity index (χ3n) is 3.03. The zero-order valence-corrected chi connectivity index (χ0v) is 11.2. The predicted octanol–water partition coefficient (Wildman–Crippen LogP) is 0.613. The molecule has 0 spiro atoms. The highest BCUT2D eigenvalue weighted by Crippen LogP contribution is 2.27. The molecule has 0 radical (unpaired) electrons. The number of hydrogen-bond acceptors (Lipinski definition) is 5. The molecule has 0 saturated carbocycles. The minimum absolute atomic E-state index is 0.112. The lowest BCUT2D eigenvalue weighted by Crippen LogP contribution is -2.50. The summed E-state index contributed by atoms with van der Waals surface area (Å²) in [6.45, 7) is 2.98. The molecule has 0 aliphatic carbocycles. The van der Waals surface area contributed by atoms with Crippen molar-refractivity contribution in [2.45, 2.75) is 25.3 Å². The lowest BCUT2D eigenvalue weighted by molar-refractivity contribution is 0.269. The molecule has 1 saturated heterocycles. The summed E-state index contributed by atoms with van der Waals surface area (Å²) in [5.41, 5.74) is -0.112. The Balaban J connectivity index is 1.98. The van der Waals surface area contributed by atoms with Gasteiger partial charge in [-0.1, -0.05) is 0 Å². The van der Waals surface area contributed by atoms with E-state index in [1.54, 1.807) is 17.5 Å². The van der Waals surface area contributed by atoms with Gasteiger partial charge in [0.2, 0.25) is 0 Å². The Labute approximate surface area is 105 Å². The Hall–Kier alpha value is -0.700. The smallest absolute Gasteiger partial charge is 0.276 e. The van der Waals surface area contributed by atoms with Crippen LogP contribution in [0.4, 0.5) is 5.13 Å². The van der Waals surface area contributed by atoms with Gasteiger partial charge in [-0.25, -0.2) is 10.1 Å². The summed E-state index contributed by atoms with van der Waals surface area (Å²) in [6.07, 6.45) is 3.20. The molecule has 8 heteroatoms. The number of anilines is 1. The molecule has 2 rings (SSSR count). The molecule has 17 heavy (non-hydrogen) atoms. The van der Waals surface area contributed by atoms with E-state index in [-0.39, 0.29) is 5.54 Å². The molecule has 0 unspecified atom stereocenters. The van der Waals surface area contributed by atoms with Crippen molar-refractivity contribution in [3.05, 3.63) is 11.6 Å². The molecular formula is C9H16N4O2S2. The van der Waals surface area contributed by atoms with Gasteiger partial charge >= 0.3 is 0 Å². The van der Waals surface area contributed by atoms with E-state index in [0.29, 0.717) is 13.1 Å². The van der Waals surface area contributed by atoms with Crippen LogP contribution in [0.25, 0.3) is 0 Å². The summed E-state index contributed by atoms with van der Waals surface area (Å²) in [5.74, 6) is 0. The van der Waals surface area contributed by atoms with Crippen LogP contribution in [0.2, 0.25) is 0 Å². The van der Waals surface area contributed by atoms with Gasteiger partial charge in [0.15, 0.2) is 5.13 Å². The van der Waals surface area contributed by atoms with Crippen molar-refractivity contribution in [3.8, 4) is 0 Å². The Morgan fingerprint density at radius 2 is 2.18 bits per heavy atom. The van der Waals surface area contributed by atoms with Crippen LogP contribution >= 0.6 is 11.3 Å². The first kappa shape index (κ1) is 12.7. The minimum atomic E-state index is -3.55. The average molecular weight is 276 g/mol. The van der Waals surface area contributed by atoms with Gasteiger partial charge in [0.25, 0.3) is 10.2 Å². The summed E-state index contributed by atoms with van der Waals surface area (Å²) in [7, 11) is -3.55. The van der Waals surface area contributed by atoms with Crippen LogP contribution in [0.3, 0.4) is 0 Å². The molecule has 6 nitrogen and oxygen atoms in total. The fourth-order valence-corrected chi connectivity index (χ4v) is 3.27. The Morgan fingerprint density at radius 1 is 1.53 bits per heavy atom. The summed E-state index contributed by atoms with van der Waals surface area (Å²) in [6, 6.07) is 0. The number of nitrogens with one attached hydrogen (secondary N) is 1. The molecule has 2 heterocycles. The van der Waals surface area contributed by atoms with Crippen LogP contribution in [-0.4, -0.2) is 36.3 Å². The van der Waals surface area contributed by atoms with E-state index in [9.17, 15) is 8.42 Å². The van der Waals surface area contributed by atoms with Crippen molar-refractivity contribution in [1.29, 1.82) is 0 Å². The first-order valence-electron chi connectivity index (χ1n) is 5.35. The SMILES string of the molecule is CC1(Nc2nccs2)CCN(S(N)(=O)=O)CC1. The summed E-state index contributed by atoms with van der Waals surface area (Å²) in [4.78, 5) is 4.17. The van der Waals surface area contributed by atoms with Crippen molar-refractivity contribution in [1.82, 2.24) is 9.29 Å². The second-order valence-electron chi connectivity index (χ2n) is 4.47.